The Morgan fingerprint density at radius 1 is 0.867 bits per heavy atom. The number of benzene rings is 3. The lowest BCUT2D eigenvalue weighted by Gasteiger charge is -2.11. The van der Waals surface area contributed by atoms with Crippen LogP contribution in [0.5, 0.6) is 0 Å². The second kappa shape index (κ2) is 8.37. The van der Waals surface area contributed by atoms with Gasteiger partial charge < -0.3 is 5.32 Å². The maximum absolute atomic E-state index is 12.8. The van der Waals surface area contributed by atoms with Crippen LogP contribution < -0.4 is 10.0 Å². The van der Waals surface area contributed by atoms with Gasteiger partial charge in [-0.25, -0.2) is 8.42 Å². The molecule has 0 atom stereocenters. The molecule has 0 fully saturated rings. The van der Waals surface area contributed by atoms with Crippen molar-refractivity contribution >= 4 is 38.9 Å². The number of hydrogen-bond acceptors (Lipinski definition) is 3. The topological polar surface area (TPSA) is 75.3 Å². The summed E-state index contributed by atoms with van der Waals surface area (Å²) in [5.74, 6) is -0.754. The molecule has 10 heteroatoms. The first-order chi connectivity index (χ1) is 14.0. The van der Waals surface area contributed by atoms with Crippen LogP contribution in [-0.2, 0) is 16.2 Å². The summed E-state index contributed by atoms with van der Waals surface area (Å²) in [6, 6.07) is 15.3. The maximum Gasteiger partial charge on any atom is 0.416 e. The normalized spacial score (nSPS) is 11.7. The SMILES string of the molecule is O=C(Nc1ccc(S(=O)(=O)Nc2ccc(Cl)cc2)cc1)c1cccc(C(F)(F)F)c1. The second-order valence-corrected chi connectivity index (χ2v) is 8.29. The zero-order chi connectivity index (χ0) is 21.9. The zero-order valence-electron chi connectivity index (χ0n) is 15.1. The second-order valence-electron chi connectivity index (χ2n) is 6.17. The molecule has 1 amide bonds. The third-order valence-corrected chi connectivity index (χ3v) is 5.62. The molecular formula is C20H14ClF3N2O3S. The van der Waals surface area contributed by atoms with Crippen LogP contribution in [0.2, 0.25) is 5.02 Å². The Labute approximate surface area is 175 Å². The minimum Gasteiger partial charge on any atom is -0.322 e. The average Bonchev–Trinajstić information content (AvgIpc) is 2.69. The summed E-state index contributed by atoms with van der Waals surface area (Å²) in [5, 5.41) is 2.89. The lowest BCUT2D eigenvalue weighted by atomic mass is 10.1. The van der Waals surface area contributed by atoms with E-state index >= 15 is 0 Å². The summed E-state index contributed by atoms with van der Waals surface area (Å²) in [5.41, 5.74) is -0.569. The molecule has 0 saturated carbocycles. The van der Waals surface area contributed by atoms with Gasteiger partial charge in [0.1, 0.15) is 0 Å². The Balaban J connectivity index is 1.72. The van der Waals surface area contributed by atoms with Crippen LogP contribution in [0.4, 0.5) is 24.5 Å². The van der Waals surface area contributed by atoms with Gasteiger partial charge in [0.15, 0.2) is 0 Å². The summed E-state index contributed by atoms with van der Waals surface area (Å²) in [6.45, 7) is 0. The van der Waals surface area contributed by atoms with Crippen molar-refractivity contribution in [1.29, 1.82) is 0 Å². The molecule has 0 heterocycles. The molecule has 0 aliphatic rings. The van der Waals surface area contributed by atoms with E-state index in [0.717, 1.165) is 18.2 Å². The fourth-order valence-electron chi connectivity index (χ4n) is 2.49. The summed E-state index contributed by atoms with van der Waals surface area (Å²) in [7, 11) is -3.88. The molecule has 0 aliphatic carbocycles. The molecule has 30 heavy (non-hydrogen) atoms. The predicted octanol–water partition coefficient (Wildman–Crippen LogP) is 5.41. The van der Waals surface area contributed by atoms with Gasteiger partial charge in [0.25, 0.3) is 15.9 Å². The molecule has 3 aromatic rings. The first kappa shape index (κ1) is 21.7. The standard InChI is InChI=1S/C20H14ClF3N2O3S/c21-15-4-6-17(7-5-15)26-30(28,29)18-10-8-16(9-11-18)25-19(27)13-2-1-3-14(12-13)20(22,23)24/h1-12,26H,(H,25,27). The van der Waals surface area contributed by atoms with Crippen molar-refractivity contribution in [3.63, 3.8) is 0 Å². The van der Waals surface area contributed by atoms with E-state index in [2.05, 4.69) is 10.0 Å². The Bertz CT molecular complexity index is 1160. The number of sulfonamides is 1. The number of anilines is 2. The van der Waals surface area contributed by atoms with Gasteiger partial charge in [-0.15, -0.1) is 0 Å². The number of carbonyl (C=O) groups excluding carboxylic acids is 1. The molecule has 3 rings (SSSR count). The van der Waals surface area contributed by atoms with Gasteiger partial charge in [-0.1, -0.05) is 17.7 Å². The molecule has 3 aromatic carbocycles. The van der Waals surface area contributed by atoms with Crippen LogP contribution in [0.3, 0.4) is 0 Å². The molecular weight excluding hydrogens is 441 g/mol. The molecule has 0 radical (unpaired) electrons. The van der Waals surface area contributed by atoms with Crippen molar-refractivity contribution in [2.24, 2.45) is 0 Å². The molecule has 0 bridgehead atoms. The van der Waals surface area contributed by atoms with Crippen LogP contribution in [0.1, 0.15) is 15.9 Å². The van der Waals surface area contributed by atoms with E-state index < -0.39 is 27.7 Å². The van der Waals surface area contributed by atoms with Crippen LogP contribution >= 0.6 is 11.6 Å². The van der Waals surface area contributed by atoms with Gasteiger partial charge in [-0.3, -0.25) is 9.52 Å². The van der Waals surface area contributed by atoms with Crippen molar-refractivity contribution in [3.8, 4) is 0 Å². The van der Waals surface area contributed by atoms with Crippen LogP contribution in [0.15, 0.2) is 77.7 Å². The first-order valence-electron chi connectivity index (χ1n) is 8.42. The van der Waals surface area contributed by atoms with Crippen molar-refractivity contribution in [2.75, 3.05) is 10.0 Å². The van der Waals surface area contributed by atoms with Gasteiger partial charge in [0.05, 0.1) is 10.5 Å². The molecule has 0 aromatic heterocycles. The zero-order valence-corrected chi connectivity index (χ0v) is 16.6. The molecule has 5 nitrogen and oxygen atoms in total. The number of halogens is 4. The van der Waals surface area contributed by atoms with Crippen LogP contribution in [0.25, 0.3) is 0 Å². The van der Waals surface area contributed by atoms with Crippen LogP contribution in [0, 0.1) is 0 Å². The number of alkyl halides is 3. The van der Waals surface area contributed by atoms with Gasteiger partial charge in [0, 0.05) is 22.0 Å². The van der Waals surface area contributed by atoms with Gasteiger partial charge in [-0.05, 0) is 66.7 Å². The quantitative estimate of drug-likeness (QED) is 0.541. The minimum absolute atomic E-state index is 0.0606. The van der Waals surface area contributed by atoms with Gasteiger partial charge in [0.2, 0.25) is 0 Å². The summed E-state index contributed by atoms with van der Waals surface area (Å²) in [6.07, 6.45) is -4.57. The number of carbonyl (C=O) groups is 1. The van der Waals surface area contributed by atoms with E-state index in [0.29, 0.717) is 10.7 Å². The number of nitrogens with one attached hydrogen (secondary N) is 2. The van der Waals surface area contributed by atoms with E-state index in [1.54, 1.807) is 0 Å². The molecule has 0 spiro atoms. The van der Waals surface area contributed by atoms with E-state index in [1.807, 2.05) is 0 Å². The fraction of sp³-hybridized carbons (Fsp3) is 0.0500. The Morgan fingerprint density at radius 2 is 1.47 bits per heavy atom. The van der Waals surface area contributed by atoms with Gasteiger partial charge in [-0.2, -0.15) is 13.2 Å². The molecule has 0 aliphatic heterocycles. The van der Waals surface area contributed by atoms with E-state index in [4.69, 9.17) is 11.6 Å². The Morgan fingerprint density at radius 3 is 2.07 bits per heavy atom. The van der Waals surface area contributed by atoms with Crippen LogP contribution in [-0.4, -0.2) is 14.3 Å². The fourth-order valence-corrected chi connectivity index (χ4v) is 3.67. The molecule has 0 saturated heterocycles. The molecule has 0 unspecified atom stereocenters. The van der Waals surface area contributed by atoms with Crippen molar-refractivity contribution in [1.82, 2.24) is 0 Å². The smallest absolute Gasteiger partial charge is 0.322 e. The highest BCUT2D eigenvalue weighted by molar-refractivity contribution is 7.92. The van der Waals surface area contributed by atoms with Crippen molar-refractivity contribution in [3.05, 3.63) is 88.9 Å². The largest absolute Gasteiger partial charge is 0.416 e. The summed E-state index contributed by atoms with van der Waals surface area (Å²) < 4.78 is 65.6. The van der Waals surface area contributed by atoms with E-state index in [9.17, 15) is 26.4 Å². The highest BCUT2D eigenvalue weighted by Gasteiger charge is 2.30. The number of rotatable bonds is 5. The minimum atomic E-state index is -4.57. The Hall–Kier alpha value is -3.04. The highest BCUT2D eigenvalue weighted by Crippen LogP contribution is 2.29. The molecule has 2 N–H and O–H groups in total. The maximum atomic E-state index is 12.8. The van der Waals surface area contributed by atoms with Crippen molar-refractivity contribution in [2.45, 2.75) is 11.1 Å². The number of amides is 1. The molecule has 156 valence electrons. The number of hydrogen-bond donors (Lipinski definition) is 2. The lowest BCUT2D eigenvalue weighted by Crippen LogP contribution is -2.15. The summed E-state index contributed by atoms with van der Waals surface area (Å²) >= 11 is 5.77. The summed E-state index contributed by atoms with van der Waals surface area (Å²) in [4.78, 5) is 12.2. The van der Waals surface area contributed by atoms with E-state index in [-0.39, 0.29) is 16.1 Å². The lowest BCUT2D eigenvalue weighted by molar-refractivity contribution is -0.137. The monoisotopic (exact) mass is 454 g/mol. The third-order valence-electron chi connectivity index (χ3n) is 3.97. The van der Waals surface area contributed by atoms with E-state index in [1.165, 1.54) is 54.6 Å². The van der Waals surface area contributed by atoms with Crippen molar-refractivity contribution < 1.29 is 26.4 Å². The highest BCUT2D eigenvalue weighted by atomic mass is 35.5. The third kappa shape index (κ3) is 5.31. The Kier molecular flexibility index (Phi) is 6.04. The van der Waals surface area contributed by atoms with Gasteiger partial charge >= 0.3 is 6.18 Å². The average molecular weight is 455 g/mol. The first-order valence-corrected chi connectivity index (χ1v) is 10.3. The predicted molar refractivity (Wildman–Crippen MR) is 108 cm³/mol.